The normalized spacial score (nSPS) is 20.6. The molecule has 2 aliphatic heterocycles. The lowest BCUT2D eigenvalue weighted by Gasteiger charge is -2.29. The summed E-state index contributed by atoms with van der Waals surface area (Å²) in [5.74, 6) is 0. The van der Waals surface area contributed by atoms with E-state index in [4.69, 9.17) is 4.74 Å². The molecular weight excluding hydrogens is 262 g/mol. The molecule has 0 aromatic heterocycles. The molecule has 0 aliphatic carbocycles. The Bertz CT molecular complexity index is 457. The molecule has 1 unspecified atom stereocenters. The van der Waals surface area contributed by atoms with Crippen LogP contribution in [0.4, 0.5) is 5.69 Å². The van der Waals surface area contributed by atoms with E-state index >= 15 is 0 Å². The summed E-state index contributed by atoms with van der Waals surface area (Å²) in [5.41, 5.74) is 4.25. The first-order valence-corrected chi connectivity index (χ1v) is 8.21. The Morgan fingerprint density at radius 1 is 1.33 bits per heavy atom. The quantitative estimate of drug-likeness (QED) is 0.867. The number of aryl methyl sites for hydroxylation is 1. The van der Waals surface area contributed by atoms with Gasteiger partial charge in [-0.25, -0.2) is 0 Å². The molecule has 1 aromatic carbocycles. The zero-order valence-corrected chi connectivity index (χ0v) is 13.0. The third-order valence-corrected chi connectivity index (χ3v) is 4.44. The number of fused-ring (bicyclic) bond motifs is 1. The standard InChI is InChI=1S/C17H27N3O/c1-14(13-20-8-10-21-11-9-20)19-12-16-5-2-4-15-6-3-7-18-17(15)16/h2,4-5,14,18-19H,3,6-13H2,1H3. The van der Waals surface area contributed by atoms with Crippen LogP contribution in [0.5, 0.6) is 0 Å². The van der Waals surface area contributed by atoms with Gasteiger partial charge in [0.05, 0.1) is 13.2 Å². The summed E-state index contributed by atoms with van der Waals surface area (Å²) in [5, 5.41) is 7.24. The van der Waals surface area contributed by atoms with E-state index in [1.807, 2.05) is 0 Å². The summed E-state index contributed by atoms with van der Waals surface area (Å²) in [6.07, 6.45) is 2.46. The fraction of sp³-hybridized carbons (Fsp3) is 0.647. The average molecular weight is 289 g/mol. The van der Waals surface area contributed by atoms with Gasteiger partial charge in [0.2, 0.25) is 0 Å². The van der Waals surface area contributed by atoms with Crippen molar-refractivity contribution in [3.05, 3.63) is 29.3 Å². The van der Waals surface area contributed by atoms with E-state index in [0.717, 1.165) is 45.9 Å². The second-order valence-electron chi connectivity index (χ2n) is 6.18. The summed E-state index contributed by atoms with van der Waals surface area (Å²) in [6.45, 7) is 9.31. The van der Waals surface area contributed by atoms with Crippen LogP contribution in [0.2, 0.25) is 0 Å². The molecule has 2 N–H and O–H groups in total. The topological polar surface area (TPSA) is 36.5 Å². The number of nitrogens with one attached hydrogen (secondary N) is 2. The fourth-order valence-corrected chi connectivity index (χ4v) is 3.25. The van der Waals surface area contributed by atoms with Gasteiger partial charge in [-0.3, -0.25) is 4.90 Å². The van der Waals surface area contributed by atoms with Crippen molar-refractivity contribution in [2.24, 2.45) is 0 Å². The minimum atomic E-state index is 0.502. The SMILES string of the molecule is CC(CN1CCOCC1)NCc1cccc2c1NCCC2. The molecular formula is C17H27N3O. The van der Waals surface area contributed by atoms with E-state index in [0.29, 0.717) is 6.04 Å². The number of ether oxygens (including phenoxy) is 1. The first-order valence-electron chi connectivity index (χ1n) is 8.21. The Morgan fingerprint density at radius 3 is 3.05 bits per heavy atom. The van der Waals surface area contributed by atoms with E-state index < -0.39 is 0 Å². The minimum absolute atomic E-state index is 0.502. The van der Waals surface area contributed by atoms with Crippen molar-refractivity contribution in [2.45, 2.75) is 32.4 Å². The van der Waals surface area contributed by atoms with Crippen molar-refractivity contribution in [3.8, 4) is 0 Å². The second kappa shape index (κ2) is 7.25. The van der Waals surface area contributed by atoms with Gasteiger partial charge in [0.1, 0.15) is 0 Å². The molecule has 2 heterocycles. The van der Waals surface area contributed by atoms with E-state index in [1.54, 1.807) is 0 Å². The number of nitrogens with zero attached hydrogens (tertiary/aromatic N) is 1. The van der Waals surface area contributed by atoms with Crippen molar-refractivity contribution < 1.29 is 4.74 Å². The molecule has 0 saturated carbocycles. The fourth-order valence-electron chi connectivity index (χ4n) is 3.25. The number of hydrogen-bond acceptors (Lipinski definition) is 4. The maximum absolute atomic E-state index is 5.40. The van der Waals surface area contributed by atoms with Gasteiger partial charge in [-0.15, -0.1) is 0 Å². The number of para-hydroxylation sites is 1. The lowest BCUT2D eigenvalue weighted by Crippen LogP contribution is -2.44. The Morgan fingerprint density at radius 2 is 2.19 bits per heavy atom. The third-order valence-electron chi connectivity index (χ3n) is 4.44. The van der Waals surface area contributed by atoms with Gasteiger partial charge < -0.3 is 15.4 Å². The largest absolute Gasteiger partial charge is 0.385 e. The highest BCUT2D eigenvalue weighted by Crippen LogP contribution is 2.25. The average Bonchev–Trinajstić information content (AvgIpc) is 2.54. The Hall–Kier alpha value is -1.10. The monoisotopic (exact) mass is 289 g/mol. The molecule has 21 heavy (non-hydrogen) atoms. The molecule has 2 aliphatic rings. The summed E-state index contributed by atoms with van der Waals surface area (Å²) in [7, 11) is 0. The lowest BCUT2D eigenvalue weighted by molar-refractivity contribution is 0.0343. The van der Waals surface area contributed by atoms with Gasteiger partial charge >= 0.3 is 0 Å². The molecule has 0 radical (unpaired) electrons. The van der Waals surface area contributed by atoms with Crippen LogP contribution in [-0.4, -0.2) is 50.3 Å². The van der Waals surface area contributed by atoms with E-state index in [9.17, 15) is 0 Å². The molecule has 1 fully saturated rings. The van der Waals surface area contributed by atoms with Gasteiger partial charge in [0, 0.05) is 44.5 Å². The van der Waals surface area contributed by atoms with Gasteiger partial charge in [-0.2, -0.15) is 0 Å². The molecule has 1 aromatic rings. The summed E-state index contributed by atoms with van der Waals surface area (Å²) in [6, 6.07) is 7.19. The zero-order valence-electron chi connectivity index (χ0n) is 13.0. The summed E-state index contributed by atoms with van der Waals surface area (Å²) in [4.78, 5) is 2.49. The maximum Gasteiger partial charge on any atom is 0.0594 e. The molecule has 1 atom stereocenters. The molecule has 116 valence electrons. The van der Waals surface area contributed by atoms with E-state index in [2.05, 4.69) is 40.7 Å². The first-order chi connectivity index (χ1) is 10.3. The van der Waals surface area contributed by atoms with Crippen LogP contribution in [-0.2, 0) is 17.7 Å². The van der Waals surface area contributed by atoms with Crippen LogP contribution < -0.4 is 10.6 Å². The third kappa shape index (κ3) is 3.96. The summed E-state index contributed by atoms with van der Waals surface area (Å²) < 4.78 is 5.40. The molecule has 0 spiro atoms. The highest BCUT2D eigenvalue weighted by atomic mass is 16.5. The molecule has 4 heteroatoms. The van der Waals surface area contributed by atoms with Crippen molar-refractivity contribution in [3.63, 3.8) is 0 Å². The minimum Gasteiger partial charge on any atom is -0.385 e. The van der Waals surface area contributed by atoms with E-state index in [1.165, 1.54) is 29.7 Å². The predicted octanol–water partition coefficient (Wildman–Crippen LogP) is 1.85. The second-order valence-corrected chi connectivity index (χ2v) is 6.18. The smallest absolute Gasteiger partial charge is 0.0594 e. The Balaban J connectivity index is 1.52. The number of hydrogen-bond donors (Lipinski definition) is 2. The number of morpholine rings is 1. The van der Waals surface area contributed by atoms with Gasteiger partial charge in [0.25, 0.3) is 0 Å². The van der Waals surface area contributed by atoms with Crippen LogP contribution in [0.15, 0.2) is 18.2 Å². The maximum atomic E-state index is 5.40. The van der Waals surface area contributed by atoms with Crippen LogP contribution >= 0.6 is 0 Å². The van der Waals surface area contributed by atoms with Crippen molar-refractivity contribution in [1.82, 2.24) is 10.2 Å². The Labute approximate surface area is 127 Å². The van der Waals surface area contributed by atoms with Gasteiger partial charge in [0.15, 0.2) is 0 Å². The molecule has 4 nitrogen and oxygen atoms in total. The first kappa shape index (κ1) is 14.8. The number of anilines is 1. The van der Waals surface area contributed by atoms with Crippen molar-refractivity contribution in [1.29, 1.82) is 0 Å². The predicted molar refractivity (Wildman–Crippen MR) is 86.8 cm³/mol. The van der Waals surface area contributed by atoms with Crippen molar-refractivity contribution >= 4 is 5.69 Å². The lowest BCUT2D eigenvalue weighted by atomic mass is 9.99. The molecule has 0 amide bonds. The molecule has 3 rings (SSSR count). The summed E-state index contributed by atoms with van der Waals surface area (Å²) >= 11 is 0. The van der Waals surface area contributed by atoms with Gasteiger partial charge in [-0.1, -0.05) is 18.2 Å². The van der Waals surface area contributed by atoms with Crippen LogP contribution in [0.25, 0.3) is 0 Å². The highest BCUT2D eigenvalue weighted by Gasteiger charge is 2.15. The Kier molecular flexibility index (Phi) is 5.12. The van der Waals surface area contributed by atoms with Crippen molar-refractivity contribution in [2.75, 3.05) is 44.7 Å². The van der Waals surface area contributed by atoms with Gasteiger partial charge in [-0.05, 0) is 30.9 Å². The van der Waals surface area contributed by atoms with Crippen LogP contribution in [0, 0.1) is 0 Å². The van der Waals surface area contributed by atoms with E-state index in [-0.39, 0.29) is 0 Å². The van der Waals surface area contributed by atoms with Crippen LogP contribution in [0.1, 0.15) is 24.5 Å². The number of benzene rings is 1. The highest BCUT2D eigenvalue weighted by molar-refractivity contribution is 5.59. The zero-order chi connectivity index (χ0) is 14.5. The van der Waals surface area contributed by atoms with Crippen LogP contribution in [0.3, 0.4) is 0 Å². The number of rotatable bonds is 5. The molecule has 1 saturated heterocycles. The molecule has 0 bridgehead atoms.